The fraction of sp³-hybridized carbons (Fsp3) is 0.737. The van der Waals surface area contributed by atoms with Gasteiger partial charge in [0.25, 0.3) is 0 Å². The van der Waals surface area contributed by atoms with Gasteiger partial charge in [0.15, 0.2) is 0 Å². The summed E-state index contributed by atoms with van der Waals surface area (Å²) >= 11 is 1.59. The largest absolute Gasteiger partial charge is 0.354 e. The number of rotatable bonds is 10. The molecule has 0 unspecified atom stereocenters. The van der Waals surface area contributed by atoms with Crippen LogP contribution in [0.3, 0.4) is 0 Å². The third-order valence-electron chi connectivity index (χ3n) is 4.29. The van der Waals surface area contributed by atoms with Gasteiger partial charge in [0.2, 0.25) is 5.91 Å². The molecule has 1 aromatic heterocycles. The molecule has 27 heavy (non-hydrogen) atoms. The molecular weight excluding hydrogens is 362 g/mol. The lowest BCUT2D eigenvalue weighted by molar-refractivity contribution is -0.127. The second-order valence-electron chi connectivity index (χ2n) is 7.56. The Kier molecular flexibility index (Phi) is 9.73. The van der Waals surface area contributed by atoms with Gasteiger partial charge in [-0.1, -0.05) is 47.5 Å². The normalized spacial score (nSPS) is 12.3. The molecule has 0 bridgehead atoms. The fourth-order valence-corrected chi connectivity index (χ4v) is 3.55. The Morgan fingerprint density at radius 1 is 1.26 bits per heavy atom. The third kappa shape index (κ3) is 7.10. The highest BCUT2D eigenvalue weighted by atomic mass is 32.1. The minimum absolute atomic E-state index is 0.0923. The van der Waals surface area contributed by atoms with E-state index in [2.05, 4.69) is 31.1 Å². The van der Waals surface area contributed by atoms with E-state index in [1.54, 1.807) is 18.4 Å². The van der Waals surface area contributed by atoms with Crippen molar-refractivity contribution in [2.75, 3.05) is 13.6 Å². The second-order valence-corrected chi connectivity index (χ2v) is 8.45. The SMILES string of the molecule is CCCCCNC(=O)[C@H](C(C)C)N(N)C(=O)N(C)Cc1csc(C(C)C)n1. The van der Waals surface area contributed by atoms with E-state index in [0.29, 0.717) is 19.0 Å². The summed E-state index contributed by atoms with van der Waals surface area (Å²) in [5.74, 6) is 6.12. The zero-order valence-corrected chi connectivity index (χ0v) is 18.3. The summed E-state index contributed by atoms with van der Waals surface area (Å²) in [5.41, 5.74) is 0.832. The molecule has 0 aliphatic rings. The van der Waals surface area contributed by atoms with Gasteiger partial charge in [0.05, 0.1) is 17.2 Å². The molecule has 8 heteroatoms. The van der Waals surface area contributed by atoms with E-state index in [9.17, 15) is 9.59 Å². The Morgan fingerprint density at radius 2 is 1.93 bits per heavy atom. The Hall–Kier alpha value is -1.67. The molecule has 7 nitrogen and oxygen atoms in total. The summed E-state index contributed by atoms with van der Waals surface area (Å²) in [6.45, 7) is 11.0. The molecular formula is C19H35N5O2S. The molecule has 3 N–H and O–H groups in total. The fourth-order valence-electron chi connectivity index (χ4n) is 2.73. The van der Waals surface area contributed by atoms with E-state index in [1.165, 1.54) is 4.90 Å². The van der Waals surface area contributed by atoms with Crippen molar-refractivity contribution in [3.8, 4) is 0 Å². The van der Waals surface area contributed by atoms with Crippen molar-refractivity contribution in [2.24, 2.45) is 11.8 Å². The van der Waals surface area contributed by atoms with Gasteiger partial charge in [-0.15, -0.1) is 11.3 Å². The van der Waals surface area contributed by atoms with E-state index in [0.717, 1.165) is 35.0 Å². The third-order valence-corrected chi connectivity index (χ3v) is 5.48. The zero-order valence-electron chi connectivity index (χ0n) is 17.5. The van der Waals surface area contributed by atoms with Gasteiger partial charge in [-0.05, 0) is 12.3 Å². The van der Waals surface area contributed by atoms with Crippen LogP contribution in [0, 0.1) is 5.92 Å². The number of nitrogens with zero attached hydrogens (tertiary/aromatic N) is 3. The highest BCUT2D eigenvalue weighted by Gasteiger charge is 2.32. The lowest BCUT2D eigenvalue weighted by Gasteiger charge is -2.32. The first kappa shape index (κ1) is 23.4. The van der Waals surface area contributed by atoms with Crippen molar-refractivity contribution in [3.63, 3.8) is 0 Å². The number of hydrogen-bond donors (Lipinski definition) is 2. The van der Waals surface area contributed by atoms with E-state index in [-0.39, 0.29) is 11.8 Å². The predicted molar refractivity (Wildman–Crippen MR) is 110 cm³/mol. The predicted octanol–water partition coefficient (Wildman–Crippen LogP) is 3.33. The Labute approximate surface area is 167 Å². The molecule has 1 heterocycles. The Balaban J connectivity index is 2.71. The topological polar surface area (TPSA) is 91.6 Å². The van der Waals surface area contributed by atoms with E-state index < -0.39 is 12.1 Å². The van der Waals surface area contributed by atoms with Crippen molar-refractivity contribution >= 4 is 23.3 Å². The standard InChI is InChI=1S/C19H35N5O2S/c1-7-8-9-10-21-17(25)16(13(2)3)24(20)19(26)23(6)11-15-12-27-18(22-15)14(4)5/h12-14,16H,7-11,20H2,1-6H3,(H,21,25)/t16-/m0/s1. The number of thiazole rings is 1. The first-order chi connectivity index (χ1) is 12.7. The van der Waals surface area contributed by atoms with Crippen LogP contribution in [0.25, 0.3) is 0 Å². The number of carbonyl (C=O) groups excluding carboxylic acids is 2. The van der Waals surface area contributed by atoms with Crippen LogP contribution in [0.1, 0.15) is 70.5 Å². The summed E-state index contributed by atoms with van der Waals surface area (Å²) in [7, 11) is 1.67. The molecule has 0 radical (unpaired) electrons. The Morgan fingerprint density at radius 3 is 2.44 bits per heavy atom. The van der Waals surface area contributed by atoms with E-state index >= 15 is 0 Å². The van der Waals surface area contributed by atoms with Gasteiger partial charge >= 0.3 is 6.03 Å². The van der Waals surface area contributed by atoms with E-state index in [4.69, 9.17) is 5.84 Å². The molecule has 1 rings (SSSR count). The van der Waals surface area contributed by atoms with Crippen LogP contribution >= 0.6 is 11.3 Å². The van der Waals surface area contributed by atoms with Crippen LogP contribution in [0.2, 0.25) is 0 Å². The molecule has 0 aromatic carbocycles. The first-order valence-corrected chi connectivity index (χ1v) is 10.6. The number of nitrogens with one attached hydrogen (secondary N) is 1. The summed E-state index contributed by atoms with van der Waals surface area (Å²) in [4.78, 5) is 31.3. The van der Waals surface area contributed by atoms with Crippen LogP contribution in [0.15, 0.2) is 5.38 Å². The second kappa shape index (κ2) is 11.2. The summed E-state index contributed by atoms with van der Waals surface area (Å²) < 4.78 is 0. The van der Waals surface area contributed by atoms with Crippen molar-refractivity contribution < 1.29 is 9.59 Å². The van der Waals surface area contributed by atoms with Gasteiger partial charge in [-0.3, -0.25) is 4.79 Å². The van der Waals surface area contributed by atoms with Crippen LogP contribution in [-0.2, 0) is 11.3 Å². The molecule has 0 fully saturated rings. The number of hydrazine groups is 1. The maximum absolute atomic E-state index is 12.7. The molecule has 3 amide bonds. The van der Waals surface area contributed by atoms with Gasteiger partial charge in [0.1, 0.15) is 6.04 Å². The zero-order chi connectivity index (χ0) is 20.6. The summed E-state index contributed by atoms with van der Waals surface area (Å²) in [5, 5.41) is 6.95. The molecule has 0 saturated heterocycles. The van der Waals surface area contributed by atoms with Crippen LogP contribution < -0.4 is 11.2 Å². The van der Waals surface area contributed by atoms with Crippen molar-refractivity contribution in [1.82, 2.24) is 20.2 Å². The smallest absolute Gasteiger partial charge is 0.334 e. The number of urea groups is 1. The molecule has 1 aromatic rings. The Bertz CT molecular complexity index is 603. The van der Waals surface area contributed by atoms with Gasteiger partial charge in [0, 0.05) is 24.9 Å². The monoisotopic (exact) mass is 397 g/mol. The maximum atomic E-state index is 12.7. The molecule has 1 atom stereocenters. The molecule has 0 aliphatic carbocycles. The number of amides is 3. The summed E-state index contributed by atoms with van der Waals surface area (Å²) in [6.07, 6.45) is 3.07. The molecule has 154 valence electrons. The molecule has 0 aliphatic heterocycles. The van der Waals surface area contributed by atoms with Gasteiger partial charge in [-0.25, -0.2) is 20.6 Å². The lowest BCUT2D eigenvalue weighted by atomic mass is 10.0. The van der Waals surface area contributed by atoms with Crippen LogP contribution in [0.4, 0.5) is 4.79 Å². The van der Waals surface area contributed by atoms with Crippen LogP contribution in [-0.4, -0.2) is 46.5 Å². The van der Waals surface area contributed by atoms with E-state index in [1.807, 2.05) is 19.2 Å². The number of nitrogens with two attached hydrogens (primary N) is 1. The number of carbonyl (C=O) groups is 2. The summed E-state index contributed by atoms with van der Waals surface area (Å²) in [6, 6.07) is -1.10. The number of aromatic nitrogens is 1. The molecule has 0 spiro atoms. The minimum Gasteiger partial charge on any atom is -0.354 e. The lowest BCUT2D eigenvalue weighted by Crippen LogP contribution is -2.58. The first-order valence-electron chi connectivity index (χ1n) is 9.70. The number of unbranched alkanes of at least 4 members (excludes halogenated alkanes) is 2. The quantitative estimate of drug-likeness (QED) is 0.274. The van der Waals surface area contributed by atoms with Gasteiger partial charge in [-0.2, -0.15) is 0 Å². The maximum Gasteiger partial charge on any atom is 0.334 e. The van der Waals surface area contributed by atoms with Crippen LogP contribution in [0.5, 0.6) is 0 Å². The highest BCUT2D eigenvalue weighted by molar-refractivity contribution is 7.09. The van der Waals surface area contributed by atoms with Crippen molar-refractivity contribution in [2.45, 2.75) is 72.4 Å². The van der Waals surface area contributed by atoms with Gasteiger partial charge < -0.3 is 10.2 Å². The van der Waals surface area contributed by atoms with Crippen molar-refractivity contribution in [3.05, 3.63) is 16.1 Å². The average molecular weight is 398 g/mol. The number of hydrogen-bond acceptors (Lipinski definition) is 5. The highest BCUT2D eigenvalue weighted by Crippen LogP contribution is 2.20. The molecule has 0 saturated carbocycles. The minimum atomic E-state index is -0.705. The van der Waals surface area contributed by atoms with Crippen molar-refractivity contribution in [1.29, 1.82) is 0 Å². The average Bonchev–Trinajstić information content (AvgIpc) is 3.06.